The molecule has 0 saturated carbocycles. The van der Waals surface area contributed by atoms with Crippen LogP contribution in [0.15, 0.2) is 15.9 Å². The molecule has 0 spiro atoms. The van der Waals surface area contributed by atoms with Crippen molar-refractivity contribution in [3.05, 3.63) is 20.8 Å². The number of methoxy groups -OCH3 is 1. The van der Waals surface area contributed by atoms with E-state index < -0.39 is 0 Å². The molecule has 1 aromatic heterocycles. The Morgan fingerprint density at radius 3 is 2.78 bits per heavy atom. The van der Waals surface area contributed by atoms with Gasteiger partial charge in [-0.15, -0.1) is 11.3 Å². The lowest BCUT2D eigenvalue weighted by molar-refractivity contribution is 0.157. The van der Waals surface area contributed by atoms with E-state index in [1.807, 2.05) is 0 Å². The molecule has 0 aliphatic rings. The third kappa shape index (κ3) is 4.63. The van der Waals surface area contributed by atoms with Crippen LogP contribution in [0.3, 0.4) is 0 Å². The van der Waals surface area contributed by atoms with Gasteiger partial charge in [-0.3, -0.25) is 4.90 Å². The minimum absolute atomic E-state index is 0.170. The number of halogens is 1. The number of thiophene rings is 1. The van der Waals surface area contributed by atoms with Crippen molar-refractivity contribution in [1.29, 1.82) is 0 Å². The van der Waals surface area contributed by atoms with E-state index in [-0.39, 0.29) is 6.04 Å². The first-order chi connectivity index (χ1) is 8.60. The van der Waals surface area contributed by atoms with Crippen molar-refractivity contribution in [3.63, 3.8) is 0 Å². The summed E-state index contributed by atoms with van der Waals surface area (Å²) in [6.07, 6.45) is 2.02. The number of nitrogens with two attached hydrogens (primary N) is 1. The van der Waals surface area contributed by atoms with Crippen molar-refractivity contribution in [2.75, 3.05) is 27.3 Å². The van der Waals surface area contributed by atoms with E-state index >= 15 is 0 Å². The lowest BCUT2D eigenvalue weighted by Crippen LogP contribution is -2.39. The van der Waals surface area contributed by atoms with Gasteiger partial charge in [-0.1, -0.05) is 6.92 Å². The predicted molar refractivity (Wildman–Crippen MR) is 82.1 cm³/mol. The van der Waals surface area contributed by atoms with Crippen LogP contribution in [0.4, 0.5) is 0 Å². The lowest BCUT2D eigenvalue weighted by Gasteiger charge is -2.31. The molecule has 104 valence electrons. The standard InChI is InChI=1S/C13H23BrN2OS/c1-4-11(15)13(12-8-10(14)9-18-12)16(2)6-5-7-17-3/h8-9,11,13H,4-7,15H2,1-3H3. The molecule has 0 fully saturated rings. The van der Waals surface area contributed by atoms with Crippen LogP contribution in [0.5, 0.6) is 0 Å². The zero-order chi connectivity index (χ0) is 13.5. The van der Waals surface area contributed by atoms with E-state index in [0.29, 0.717) is 6.04 Å². The van der Waals surface area contributed by atoms with Crippen LogP contribution in [0.25, 0.3) is 0 Å². The molecule has 0 saturated heterocycles. The molecule has 0 aliphatic carbocycles. The maximum absolute atomic E-state index is 6.28. The fraction of sp³-hybridized carbons (Fsp3) is 0.692. The molecule has 1 aromatic rings. The quantitative estimate of drug-likeness (QED) is 0.741. The molecule has 5 heteroatoms. The molecular formula is C13H23BrN2OS. The van der Waals surface area contributed by atoms with Crippen molar-refractivity contribution in [2.24, 2.45) is 5.73 Å². The minimum Gasteiger partial charge on any atom is -0.385 e. The Kier molecular flexibility index (Phi) is 7.41. The maximum atomic E-state index is 6.28. The zero-order valence-corrected chi connectivity index (χ0v) is 13.8. The second-order valence-electron chi connectivity index (χ2n) is 4.51. The molecule has 2 atom stereocenters. The fourth-order valence-electron chi connectivity index (χ4n) is 2.06. The van der Waals surface area contributed by atoms with Crippen molar-refractivity contribution in [3.8, 4) is 0 Å². The van der Waals surface area contributed by atoms with Gasteiger partial charge in [0.05, 0.1) is 6.04 Å². The highest BCUT2D eigenvalue weighted by molar-refractivity contribution is 9.10. The first-order valence-electron chi connectivity index (χ1n) is 6.28. The Hall–Kier alpha value is 0.0600. The predicted octanol–water partition coefficient (Wildman–Crippen LogP) is 3.26. The SMILES string of the molecule is CCC(N)C(c1cc(Br)cs1)N(C)CCCOC. The molecule has 0 aromatic carbocycles. The normalized spacial score (nSPS) is 15.0. The number of hydrogen-bond donors (Lipinski definition) is 1. The average molecular weight is 335 g/mol. The summed E-state index contributed by atoms with van der Waals surface area (Å²) in [6.45, 7) is 3.94. The van der Waals surface area contributed by atoms with Crippen LogP contribution in [0, 0.1) is 0 Å². The summed E-state index contributed by atoms with van der Waals surface area (Å²) in [4.78, 5) is 3.67. The van der Waals surface area contributed by atoms with Crippen LogP contribution >= 0.6 is 27.3 Å². The minimum atomic E-state index is 0.170. The molecule has 18 heavy (non-hydrogen) atoms. The largest absolute Gasteiger partial charge is 0.385 e. The van der Waals surface area contributed by atoms with Crippen molar-refractivity contribution < 1.29 is 4.74 Å². The van der Waals surface area contributed by atoms with Crippen LogP contribution in [0.1, 0.15) is 30.7 Å². The van der Waals surface area contributed by atoms with Gasteiger partial charge in [-0.25, -0.2) is 0 Å². The van der Waals surface area contributed by atoms with Gasteiger partial charge in [0.1, 0.15) is 0 Å². The van der Waals surface area contributed by atoms with Crippen LogP contribution < -0.4 is 5.73 Å². The summed E-state index contributed by atoms with van der Waals surface area (Å²) < 4.78 is 6.25. The molecule has 0 aliphatic heterocycles. The molecule has 2 N–H and O–H groups in total. The smallest absolute Gasteiger partial charge is 0.0591 e. The van der Waals surface area contributed by atoms with Crippen LogP contribution in [-0.2, 0) is 4.74 Å². The Bertz CT molecular complexity index is 345. The molecule has 0 bridgehead atoms. The lowest BCUT2D eigenvalue weighted by atomic mass is 10.0. The second-order valence-corrected chi connectivity index (χ2v) is 6.37. The third-order valence-corrected chi connectivity index (χ3v) is 4.85. The van der Waals surface area contributed by atoms with Crippen molar-refractivity contribution in [2.45, 2.75) is 31.8 Å². The third-order valence-electron chi connectivity index (χ3n) is 3.09. The summed E-state index contributed by atoms with van der Waals surface area (Å²) in [5.74, 6) is 0. The van der Waals surface area contributed by atoms with Crippen molar-refractivity contribution in [1.82, 2.24) is 4.90 Å². The van der Waals surface area contributed by atoms with Crippen molar-refractivity contribution >= 4 is 27.3 Å². The molecule has 3 nitrogen and oxygen atoms in total. The Morgan fingerprint density at radius 1 is 1.56 bits per heavy atom. The highest BCUT2D eigenvalue weighted by atomic mass is 79.9. The summed E-state index contributed by atoms with van der Waals surface area (Å²) >= 11 is 5.28. The van der Waals surface area contributed by atoms with Gasteiger partial charge in [0.15, 0.2) is 0 Å². The van der Waals surface area contributed by atoms with Gasteiger partial charge in [-0.05, 0) is 41.9 Å². The summed E-state index contributed by atoms with van der Waals surface area (Å²) in [6, 6.07) is 2.64. The summed E-state index contributed by atoms with van der Waals surface area (Å²) in [7, 11) is 3.88. The Balaban J connectivity index is 2.72. The highest BCUT2D eigenvalue weighted by Crippen LogP contribution is 2.31. The number of rotatable bonds is 8. The Labute approximate surface area is 122 Å². The van der Waals surface area contributed by atoms with Gasteiger partial charge in [0.25, 0.3) is 0 Å². The number of likely N-dealkylation sites (N-methyl/N-ethyl adjacent to an activating group) is 1. The topological polar surface area (TPSA) is 38.5 Å². The monoisotopic (exact) mass is 334 g/mol. The summed E-state index contributed by atoms with van der Waals surface area (Å²) in [5.41, 5.74) is 6.28. The number of ether oxygens (including phenoxy) is 1. The van der Waals surface area contributed by atoms with E-state index in [1.54, 1.807) is 18.4 Å². The van der Waals surface area contributed by atoms with Gasteiger partial charge < -0.3 is 10.5 Å². The van der Waals surface area contributed by atoms with E-state index in [9.17, 15) is 0 Å². The zero-order valence-electron chi connectivity index (χ0n) is 11.4. The second kappa shape index (κ2) is 8.27. The fourth-order valence-corrected chi connectivity index (χ4v) is 3.74. The number of nitrogens with zero attached hydrogens (tertiary/aromatic N) is 1. The molecule has 1 heterocycles. The number of hydrogen-bond acceptors (Lipinski definition) is 4. The van der Waals surface area contributed by atoms with E-state index in [0.717, 1.165) is 30.5 Å². The molecule has 2 unspecified atom stereocenters. The maximum Gasteiger partial charge on any atom is 0.0591 e. The molecule has 0 amide bonds. The van der Waals surface area contributed by atoms with E-state index in [4.69, 9.17) is 10.5 Å². The molecule has 0 radical (unpaired) electrons. The first-order valence-corrected chi connectivity index (χ1v) is 7.96. The van der Waals surface area contributed by atoms with Crippen LogP contribution in [-0.4, -0.2) is 38.3 Å². The van der Waals surface area contributed by atoms with Crippen LogP contribution in [0.2, 0.25) is 0 Å². The Morgan fingerprint density at radius 2 is 2.28 bits per heavy atom. The average Bonchev–Trinajstić information content (AvgIpc) is 2.76. The summed E-state index contributed by atoms with van der Waals surface area (Å²) in [5, 5.41) is 2.12. The highest BCUT2D eigenvalue weighted by Gasteiger charge is 2.24. The van der Waals surface area contributed by atoms with Gasteiger partial charge >= 0.3 is 0 Å². The van der Waals surface area contributed by atoms with Gasteiger partial charge in [0, 0.05) is 41.0 Å². The first kappa shape index (κ1) is 16.1. The van der Waals surface area contributed by atoms with Gasteiger partial charge in [0.2, 0.25) is 0 Å². The van der Waals surface area contributed by atoms with E-state index in [2.05, 4.69) is 46.2 Å². The van der Waals surface area contributed by atoms with Gasteiger partial charge in [-0.2, -0.15) is 0 Å². The molecular weight excluding hydrogens is 312 g/mol. The molecule has 1 rings (SSSR count). The van der Waals surface area contributed by atoms with E-state index in [1.165, 1.54) is 4.88 Å².